The number of nitrogens with two attached hydrogens (primary N) is 1. The Kier molecular flexibility index (Phi) is 7.01. The van der Waals surface area contributed by atoms with Gasteiger partial charge in [-0.3, -0.25) is 4.79 Å². The molecular weight excluding hydrogens is 525 g/mol. The summed E-state index contributed by atoms with van der Waals surface area (Å²) in [5.74, 6) is 1.10. The molecule has 4 aliphatic heterocycles. The zero-order valence-electron chi connectivity index (χ0n) is 16.8. The van der Waals surface area contributed by atoms with Gasteiger partial charge in [0.05, 0.1) is 49.2 Å². The maximum atomic E-state index is 13.4. The van der Waals surface area contributed by atoms with Gasteiger partial charge in [0.15, 0.2) is 3.78 Å². The second-order valence-electron chi connectivity index (χ2n) is 8.68. The lowest BCUT2D eigenvalue weighted by Crippen LogP contribution is -2.67. The third-order valence-electron chi connectivity index (χ3n) is 7.02. The first-order valence-electron chi connectivity index (χ1n) is 10.3. The molecule has 0 spiro atoms. The average molecular weight is 557 g/mol. The van der Waals surface area contributed by atoms with Crippen molar-refractivity contribution < 1.29 is 19.5 Å². The molecule has 4 heterocycles. The molecule has 6 nitrogen and oxygen atoms in total. The van der Waals surface area contributed by atoms with Crippen LogP contribution in [0.15, 0.2) is 22.6 Å². The highest BCUT2D eigenvalue weighted by Gasteiger charge is 2.51. The van der Waals surface area contributed by atoms with Crippen molar-refractivity contribution in [1.29, 1.82) is 0 Å². The molecular formula is C20H31Br2ClN3O3+. The number of unbranched alkanes of at least 4 members (excludes halogenated alkanes) is 1. The molecule has 1 aliphatic carbocycles. The Bertz CT molecular complexity index is 732. The molecule has 1 amide bonds. The second kappa shape index (κ2) is 8.69. The molecule has 4 saturated heterocycles. The summed E-state index contributed by atoms with van der Waals surface area (Å²) in [5.41, 5.74) is 8.22. The van der Waals surface area contributed by atoms with Crippen LogP contribution in [-0.4, -0.2) is 63.3 Å². The molecule has 4 fully saturated rings. The predicted octanol–water partition coefficient (Wildman–Crippen LogP) is 2.68. The lowest BCUT2D eigenvalue weighted by molar-refractivity contribution is -0.944. The molecule has 2 unspecified atom stereocenters. The largest absolute Gasteiger partial charge is 0.492 e. The SMILES string of the molecule is CCCC[N+]12CCC(CC1)[C@H](NC(=O)C1=C3OCCC3=C(N)C(Cl)(Br)C1Br)C2.O. The van der Waals surface area contributed by atoms with E-state index in [4.69, 9.17) is 22.1 Å². The molecule has 164 valence electrons. The first kappa shape index (κ1) is 23.4. The molecule has 5 aliphatic rings. The van der Waals surface area contributed by atoms with Gasteiger partial charge in [-0.1, -0.05) is 56.8 Å². The van der Waals surface area contributed by atoms with Crippen molar-refractivity contribution in [1.82, 2.24) is 5.32 Å². The van der Waals surface area contributed by atoms with Crippen LogP contribution in [0.2, 0.25) is 0 Å². The van der Waals surface area contributed by atoms with Gasteiger partial charge in [-0.25, -0.2) is 0 Å². The van der Waals surface area contributed by atoms with Gasteiger partial charge in [-0.05, 0) is 12.3 Å². The van der Waals surface area contributed by atoms with Crippen molar-refractivity contribution in [2.24, 2.45) is 11.7 Å². The van der Waals surface area contributed by atoms with E-state index in [1.165, 1.54) is 45.3 Å². The number of halogens is 3. The third kappa shape index (κ3) is 4.00. The zero-order valence-corrected chi connectivity index (χ0v) is 20.7. The van der Waals surface area contributed by atoms with E-state index in [1.54, 1.807) is 0 Å². The van der Waals surface area contributed by atoms with Gasteiger partial charge in [0.25, 0.3) is 5.91 Å². The highest BCUT2D eigenvalue weighted by Crippen LogP contribution is 2.50. The summed E-state index contributed by atoms with van der Waals surface area (Å²) in [6.45, 7) is 7.56. The molecule has 2 bridgehead atoms. The van der Waals surface area contributed by atoms with Gasteiger partial charge in [0.2, 0.25) is 0 Å². The maximum Gasteiger partial charge on any atom is 0.252 e. The molecule has 0 aromatic heterocycles. The number of quaternary nitrogens is 1. The lowest BCUT2D eigenvalue weighted by atomic mass is 9.81. The second-order valence-corrected chi connectivity index (χ2v) is 11.9. The fraction of sp³-hybridized carbons (Fsp3) is 0.750. The van der Waals surface area contributed by atoms with Crippen LogP contribution in [0.25, 0.3) is 0 Å². The van der Waals surface area contributed by atoms with Crippen LogP contribution in [0.3, 0.4) is 0 Å². The van der Waals surface area contributed by atoms with E-state index in [9.17, 15) is 4.79 Å². The minimum atomic E-state index is -1.02. The first-order chi connectivity index (χ1) is 13.3. The van der Waals surface area contributed by atoms with Crippen LogP contribution >= 0.6 is 43.5 Å². The molecule has 5 rings (SSSR count). The number of nitrogens with one attached hydrogen (secondary N) is 1. The van der Waals surface area contributed by atoms with E-state index in [2.05, 4.69) is 44.1 Å². The zero-order chi connectivity index (χ0) is 20.1. The average Bonchev–Trinajstić information content (AvgIpc) is 3.15. The number of nitrogens with zero attached hydrogens (tertiary/aromatic N) is 1. The summed E-state index contributed by atoms with van der Waals surface area (Å²) in [7, 11) is 0. The van der Waals surface area contributed by atoms with Crippen molar-refractivity contribution in [3.05, 3.63) is 22.6 Å². The summed E-state index contributed by atoms with van der Waals surface area (Å²) in [4.78, 5) is 12.9. The predicted molar refractivity (Wildman–Crippen MR) is 122 cm³/mol. The minimum absolute atomic E-state index is 0. The van der Waals surface area contributed by atoms with Gasteiger partial charge < -0.3 is 25.7 Å². The Hall–Kier alpha value is -0.280. The standard InChI is InChI=1S/C20H28Br2ClN3O2.H2O/c1-2-3-7-26-8-4-12(5-9-26)14(11-26)25-19(27)15-16-13(6-10-28-16)18(24)20(22,23)17(15)21;/h12,14,17H,2-11H2,1H3,(H2-,24,25,27);1H2/p+1/t12?,14-,17?,20?,26?;/m1./s1. The number of rotatable bonds is 5. The third-order valence-corrected chi connectivity index (χ3v) is 10.4. The summed E-state index contributed by atoms with van der Waals surface area (Å²) in [5, 5.41) is 3.35. The fourth-order valence-corrected chi connectivity index (χ4v) is 6.66. The summed E-state index contributed by atoms with van der Waals surface area (Å²) in [6, 6.07) is 0.216. The number of carbonyl (C=O) groups excluding carboxylic acids is 1. The highest BCUT2D eigenvalue weighted by molar-refractivity contribution is 9.13. The van der Waals surface area contributed by atoms with E-state index < -0.39 is 8.61 Å². The quantitative estimate of drug-likeness (QED) is 0.403. The molecule has 5 N–H and O–H groups in total. The fourth-order valence-electron chi connectivity index (χ4n) is 5.31. The summed E-state index contributed by atoms with van der Waals surface area (Å²) < 4.78 is 5.96. The Balaban J connectivity index is 0.00000240. The van der Waals surface area contributed by atoms with E-state index in [1.807, 2.05) is 0 Å². The topological polar surface area (TPSA) is 95.8 Å². The normalized spacial score (nSPS) is 38.4. The molecule has 0 radical (unpaired) electrons. The molecule has 0 saturated carbocycles. The van der Waals surface area contributed by atoms with Crippen LogP contribution in [0.5, 0.6) is 0 Å². The van der Waals surface area contributed by atoms with Crippen LogP contribution < -0.4 is 11.1 Å². The monoisotopic (exact) mass is 554 g/mol. The van der Waals surface area contributed by atoms with E-state index >= 15 is 0 Å². The Morgan fingerprint density at radius 1 is 1.41 bits per heavy atom. The van der Waals surface area contributed by atoms with E-state index in [-0.39, 0.29) is 17.4 Å². The van der Waals surface area contributed by atoms with Gasteiger partial charge in [0, 0.05) is 30.5 Å². The summed E-state index contributed by atoms with van der Waals surface area (Å²) in [6.07, 6.45) is 5.55. The van der Waals surface area contributed by atoms with Crippen molar-refractivity contribution in [3.63, 3.8) is 0 Å². The number of fused-ring (bicyclic) bond motifs is 4. The number of carbonyl (C=O) groups is 1. The molecule has 3 atom stereocenters. The maximum absolute atomic E-state index is 13.4. The number of hydrogen-bond donors (Lipinski definition) is 2. The smallest absolute Gasteiger partial charge is 0.252 e. The van der Waals surface area contributed by atoms with Crippen molar-refractivity contribution in [2.75, 3.05) is 32.8 Å². The number of ether oxygens (including phenoxy) is 1. The van der Waals surface area contributed by atoms with Gasteiger partial charge >= 0.3 is 0 Å². The highest BCUT2D eigenvalue weighted by atomic mass is 79.9. The molecule has 0 aromatic rings. The minimum Gasteiger partial charge on any atom is -0.492 e. The van der Waals surface area contributed by atoms with Gasteiger partial charge in [0.1, 0.15) is 5.76 Å². The number of hydrogen-bond acceptors (Lipinski definition) is 3. The van der Waals surface area contributed by atoms with Gasteiger partial charge in [-0.2, -0.15) is 0 Å². The van der Waals surface area contributed by atoms with Crippen molar-refractivity contribution >= 4 is 49.4 Å². The van der Waals surface area contributed by atoms with E-state index in [0.29, 0.717) is 36.0 Å². The molecule has 29 heavy (non-hydrogen) atoms. The Labute approximate surface area is 194 Å². The Morgan fingerprint density at radius 2 is 2.10 bits per heavy atom. The first-order valence-corrected chi connectivity index (χ1v) is 12.4. The number of alkyl halides is 3. The van der Waals surface area contributed by atoms with Crippen LogP contribution in [0.1, 0.15) is 39.0 Å². The van der Waals surface area contributed by atoms with Crippen LogP contribution in [0.4, 0.5) is 0 Å². The van der Waals surface area contributed by atoms with Crippen LogP contribution in [-0.2, 0) is 9.53 Å². The van der Waals surface area contributed by atoms with Crippen molar-refractivity contribution in [3.8, 4) is 0 Å². The number of amides is 1. The van der Waals surface area contributed by atoms with Crippen LogP contribution in [0, 0.1) is 5.92 Å². The lowest BCUT2D eigenvalue weighted by Gasteiger charge is -2.53. The number of allylic oxidation sites excluding steroid dienone is 2. The van der Waals surface area contributed by atoms with Gasteiger partial charge in [-0.15, -0.1) is 0 Å². The molecule has 9 heteroatoms. The molecule has 0 aromatic carbocycles. The number of piperidine rings is 3. The summed E-state index contributed by atoms with van der Waals surface area (Å²) >= 11 is 13.8. The van der Waals surface area contributed by atoms with E-state index in [0.717, 1.165) is 16.6 Å². The van der Waals surface area contributed by atoms with Crippen molar-refractivity contribution in [2.45, 2.75) is 53.7 Å². The Morgan fingerprint density at radius 3 is 2.76 bits per heavy atom.